The first kappa shape index (κ1) is 13.6. The van der Waals surface area contributed by atoms with Gasteiger partial charge in [-0.15, -0.1) is 0 Å². The van der Waals surface area contributed by atoms with E-state index in [2.05, 4.69) is 0 Å². The molecule has 1 amide bonds. The normalized spacial score (nSPS) is 31.6. The summed E-state index contributed by atoms with van der Waals surface area (Å²) in [4.78, 5) is 13.7. The molecule has 0 bridgehead atoms. The van der Waals surface area contributed by atoms with Gasteiger partial charge in [-0.1, -0.05) is 0 Å². The van der Waals surface area contributed by atoms with E-state index in [0.717, 1.165) is 6.42 Å². The van der Waals surface area contributed by atoms with Crippen LogP contribution < -0.4 is 0 Å². The van der Waals surface area contributed by atoms with E-state index in [4.69, 9.17) is 14.6 Å². The van der Waals surface area contributed by atoms with Crippen LogP contribution in [0.2, 0.25) is 0 Å². The topological polar surface area (TPSA) is 59.0 Å². The van der Waals surface area contributed by atoms with Crippen molar-refractivity contribution >= 4 is 6.09 Å². The first-order chi connectivity index (χ1) is 8.40. The van der Waals surface area contributed by atoms with E-state index in [1.54, 1.807) is 4.90 Å². The van der Waals surface area contributed by atoms with Crippen LogP contribution in [-0.4, -0.2) is 54.1 Å². The Morgan fingerprint density at radius 3 is 2.78 bits per heavy atom. The standard InChI is InChI=1S/C13H23NO4/c1-13(2,3)18-12(16)14-6-10-9(4-5-15)8-17-11(10)7-14/h9-11,15H,4-8H2,1-3H3/t9-,10+,11-/m1/s1. The first-order valence-electron chi connectivity index (χ1n) is 6.61. The molecule has 2 rings (SSSR count). The zero-order valence-electron chi connectivity index (χ0n) is 11.4. The molecule has 18 heavy (non-hydrogen) atoms. The fraction of sp³-hybridized carbons (Fsp3) is 0.923. The van der Waals surface area contributed by atoms with Crippen LogP contribution in [0.25, 0.3) is 0 Å². The number of fused-ring (bicyclic) bond motifs is 1. The lowest BCUT2D eigenvalue weighted by Gasteiger charge is -2.25. The van der Waals surface area contributed by atoms with Crippen LogP contribution in [0, 0.1) is 11.8 Å². The third-order valence-electron chi connectivity index (χ3n) is 3.59. The Morgan fingerprint density at radius 2 is 2.17 bits per heavy atom. The maximum absolute atomic E-state index is 12.0. The van der Waals surface area contributed by atoms with Crippen molar-refractivity contribution in [1.29, 1.82) is 0 Å². The third-order valence-corrected chi connectivity index (χ3v) is 3.59. The highest BCUT2D eigenvalue weighted by atomic mass is 16.6. The van der Waals surface area contributed by atoms with E-state index in [-0.39, 0.29) is 18.8 Å². The van der Waals surface area contributed by atoms with Gasteiger partial charge in [-0.25, -0.2) is 4.79 Å². The molecule has 0 unspecified atom stereocenters. The monoisotopic (exact) mass is 257 g/mol. The molecule has 2 fully saturated rings. The second-order valence-electron chi connectivity index (χ2n) is 6.19. The fourth-order valence-electron chi connectivity index (χ4n) is 2.74. The van der Waals surface area contributed by atoms with Crippen molar-refractivity contribution in [3.63, 3.8) is 0 Å². The molecule has 104 valence electrons. The van der Waals surface area contributed by atoms with Crippen molar-refractivity contribution < 1.29 is 19.4 Å². The maximum atomic E-state index is 12.0. The highest BCUT2D eigenvalue weighted by molar-refractivity contribution is 5.68. The summed E-state index contributed by atoms with van der Waals surface area (Å²) in [6.07, 6.45) is 0.612. The number of aliphatic hydroxyl groups is 1. The van der Waals surface area contributed by atoms with E-state index in [0.29, 0.717) is 31.5 Å². The van der Waals surface area contributed by atoms with Crippen molar-refractivity contribution in [3.05, 3.63) is 0 Å². The van der Waals surface area contributed by atoms with Gasteiger partial charge in [0.1, 0.15) is 5.60 Å². The Kier molecular flexibility index (Phi) is 3.82. The van der Waals surface area contributed by atoms with Gasteiger partial charge in [-0.05, 0) is 33.1 Å². The Hall–Kier alpha value is -0.810. The summed E-state index contributed by atoms with van der Waals surface area (Å²) in [5, 5.41) is 9.01. The lowest BCUT2D eigenvalue weighted by Crippen LogP contribution is -2.36. The van der Waals surface area contributed by atoms with E-state index >= 15 is 0 Å². The molecule has 3 atom stereocenters. The van der Waals surface area contributed by atoms with Crippen molar-refractivity contribution in [2.24, 2.45) is 11.8 Å². The molecule has 0 aromatic heterocycles. The fourth-order valence-corrected chi connectivity index (χ4v) is 2.74. The number of aliphatic hydroxyl groups excluding tert-OH is 1. The zero-order chi connectivity index (χ0) is 13.3. The minimum absolute atomic E-state index is 0.120. The van der Waals surface area contributed by atoms with Crippen LogP contribution in [0.4, 0.5) is 4.79 Å². The van der Waals surface area contributed by atoms with Crippen LogP contribution in [0.5, 0.6) is 0 Å². The predicted molar refractivity (Wildman–Crippen MR) is 66.2 cm³/mol. The van der Waals surface area contributed by atoms with Crippen LogP contribution >= 0.6 is 0 Å². The minimum Gasteiger partial charge on any atom is -0.444 e. The van der Waals surface area contributed by atoms with Crippen LogP contribution in [0.3, 0.4) is 0 Å². The second-order valence-corrected chi connectivity index (χ2v) is 6.19. The minimum atomic E-state index is -0.458. The molecule has 0 radical (unpaired) electrons. The van der Waals surface area contributed by atoms with Crippen molar-refractivity contribution in [2.75, 3.05) is 26.3 Å². The molecule has 1 N–H and O–H groups in total. The van der Waals surface area contributed by atoms with Gasteiger partial charge < -0.3 is 19.5 Å². The predicted octanol–water partition coefficient (Wildman–Crippen LogP) is 1.25. The Bertz CT molecular complexity index is 311. The lowest BCUT2D eigenvalue weighted by atomic mass is 9.91. The van der Waals surface area contributed by atoms with Crippen LogP contribution in [0.1, 0.15) is 27.2 Å². The second kappa shape index (κ2) is 5.05. The molecular formula is C13H23NO4. The van der Waals surface area contributed by atoms with Gasteiger partial charge in [0.2, 0.25) is 0 Å². The van der Waals surface area contributed by atoms with Crippen molar-refractivity contribution in [3.8, 4) is 0 Å². The van der Waals surface area contributed by atoms with Crippen LogP contribution in [0.15, 0.2) is 0 Å². The van der Waals surface area contributed by atoms with E-state index in [9.17, 15) is 4.79 Å². The van der Waals surface area contributed by atoms with E-state index in [1.807, 2.05) is 20.8 Å². The SMILES string of the molecule is CC(C)(C)OC(=O)N1C[C@H]2[C@H](CCO)CO[C@@H]2C1. The van der Waals surface area contributed by atoms with Gasteiger partial charge in [-0.3, -0.25) is 0 Å². The molecular weight excluding hydrogens is 234 g/mol. The molecule has 2 saturated heterocycles. The smallest absolute Gasteiger partial charge is 0.410 e. The molecule has 0 aromatic carbocycles. The maximum Gasteiger partial charge on any atom is 0.410 e. The Morgan fingerprint density at radius 1 is 1.44 bits per heavy atom. The number of rotatable bonds is 2. The molecule has 0 spiro atoms. The summed E-state index contributed by atoms with van der Waals surface area (Å²) in [7, 11) is 0. The largest absolute Gasteiger partial charge is 0.444 e. The lowest BCUT2D eigenvalue weighted by molar-refractivity contribution is 0.0221. The molecule has 2 heterocycles. The summed E-state index contributed by atoms with van der Waals surface area (Å²) in [6.45, 7) is 7.79. The number of likely N-dealkylation sites (tertiary alicyclic amines) is 1. The summed E-state index contributed by atoms with van der Waals surface area (Å²) < 4.78 is 11.1. The van der Waals surface area contributed by atoms with Crippen molar-refractivity contribution in [1.82, 2.24) is 4.90 Å². The average Bonchev–Trinajstić information content (AvgIpc) is 2.77. The number of carbonyl (C=O) groups is 1. The molecule has 5 nitrogen and oxygen atoms in total. The summed E-state index contributed by atoms with van der Waals surface area (Å²) >= 11 is 0. The number of ether oxygens (including phenoxy) is 2. The van der Waals surface area contributed by atoms with E-state index in [1.165, 1.54) is 0 Å². The zero-order valence-corrected chi connectivity index (χ0v) is 11.4. The molecule has 0 aliphatic carbocycles. The first-order valence-corrected chi connectivity index (χ1v) is 6.61. The molecule has 0 saturated carbocycles. The van der Waals surface area contributed by atoms with Crippen molar-refractivity contribution in [2.45, 2.75) is 38.9 Å². The number of hydrogen-bond acceptors (Lipinski definition) is 4. The number of amides is 1. The van der Waals surface area contributed by atoms with Gasteiger partial charge >= 0.3 is 6.09 Å². The number of hydrogen-bond donors (Lipinski definition) is 1. The number of nitrogens with zero attached hydrogens (tertiary/aromatic N) is 1. The van der Waals surface area contributed by atoms with Gasteiger partial charge in [0.05, 0.1) is 19.3 Å². The van der Waals surface area contributed by atoms with E-state index < -0.39 is 5.60 Å². The van der Waals surface area contributed by atoms with Gasteiger partial charge in [0.15, 0.2) is 0 Å². The quantitative estimate of drug-likeness (QED) is 0.809. The summed E-state index contributed by atoms with van der Waals surface area (Å²) in [6, 6.07) is 0. The molecule has 0 aromatic rings. The third kappa shape index (κ3) is 2.95. The molecule has 5 heteroatoms. The highest BCUT2D eigenvalue weighted by Gasteiger charge is 2.45. The van der Waals surface area contributed by atoms with Gasteiger partial charge in [0.25, 0.3) is 0 Å². The summed E-state index contributed by atoms with van der Waals surface area (Å²) in [5.74, 6) is 0.720. The Labute approximate surface area is 108 Å². The van der Waals surface area contributed by atoms with Gasteiger partial charge in [0, 0.05) is 19.1 Å². The van der Waals surface area contributed by atoms with Crippen LogP contribution in [-0.2, 0) is 9.47 Å². The summed E-state index contributed by atoms with van der Waals surface area (Å²) in [5.41, 5.74) is -0.458. The highest BCUT2D eigenvalue weighted by Crippen LogP contribution is 2.35. The van der Waals surface area contributed by atoms with Gasteiger partial charge in [-0.2, -0.15) is 0 Å². The average molecular weight is 257 g/mol. The Balaban J connectivity index is 1.90. The number of carbonyl (C=O) groups excluding carboxylic acids is 1. The molecule has 2 aliphatic rings. The molecule has 2 aliphatic heterocycles.